The van der Waals surface area contributed by atoms with Gasteiger partial charge < -0.3 is 0 Å². The van der Waals surface area contributed by atoms with Gasteiger partial charge in [0.25, 0.3) is 0 Å². The van der Waals surface area contributed by atoms with Gasteiger partial charge in [0.2, 0.25) is 0 Å². The van der Waals surface area contributed by atoms with Crippen LogP contribution in [0.15, 0.2) is 29.2 Å². The molecule has 4 heteroatoms. The number of halogens is 1. The summed E-state index contributed by atoms with van der Waals surface area (Å²) in [5, 5.41) is 0.281. The second kappa shape index (κ2) is 4.38. The molecule has 88 valence electrons. The van der Waals surface area contributed by atoms with Crippen molar-refractivity contribution in [3.63, 3.8) is 0 Å². The number of hydrogen-bond donors (Lipinski definition) is 0. The Morgan fingerprint density at radius 3 is 2.62 bits per heavy atom. The molecule has 0 heterocycles. The molecule has 0 aromatic heterocycles. The van der Waals surface area contributed by atoms with Crippen molar-refractivity contribution < 1.29 is 8.42 Å². The Hall–Kier alpha value is -0.540. The summed E-state index contributed by atoms with van der Waals surface area (Å²) in [6.07, 6.45) is 2.66. The predicted octanol–water partition coefficient (Wildman–Crippen LogP) is 3.30. The molecule has 1 aromatic carbocycles. The topological polar surface area (TPSA) is 34.1 Å². The van der Waals surface area contributed by atoms with Gasteiger partial charge in [-0.15, -0.1) is 0 Å². The number of hydrogen-bond acceptors (Lipinski definition) is 2. The van der Waals surface area contributed by atoms with Crippen LogP contribution in [0.5, 0.6) is 0 Å². The lowest BCUT2D eigenvalue weighted by atomic mass is 9.83. The van der Waals surface area contributed by atoms with Crippen molar-refractivity contribution in [1.29, 1.82) is 0 Å². The van der Waals surface area contributed by atoms with E-state index in [0.29, 0.717) is 15.8 Å². The molecule has 0 spiro atoms. The molecule has 1 aliphatic carbocycles. The van der Waals surface area contributed by atoms with E-state index in [1.54, 1.807) is 18.2 Å². The maximum absolute atomic E-state index is 12.2. The summed E-state index contributed by atoms with van der Waals surface area (Å²) in [5.41, 5.74) is 0. The number of rotatable bonds is 3. The highest BCUT2D eigenvalue weighted by Gasteiger charge is 2.38. The van der Waals surface area contributed by atoms with Gasteiger partial charge in [0.05, 0.1) is 10.1 Å². The fraction of sp³-hybridized carbons (Fsp3) is 0.500. The second-order valence-corrected chi connectivity index (χ2v) is 7.03. The van der Waals surface area contributed by atoms with Gasteiger partial charge in [-0.3, -0.25) is 0 Å². The van der Waals surface area contributed by atoms with Gasteiger partial charge in [-0.25, -0.2) is 8.42 Å². The lowest BCUT2D eigenvalue weighted by Gasteiger charge is -2.34. The normalized spacial score (nSPS) is 25.1. The molecule has 0 amide bonds. The lowest BCUT2D eigenvalue weighted by molar-refractivity contribution is 0.307. The lowest BCUT2D eigenvalue weighted by Crippen LogP contribution is -2.35. The zero-order chi connectivity index (χ0) is 11.8. The molecule has 1 saturated carbocycles. The average molecular weight is 259 g/mol. The van der Waals surface area contributed by atoms with Gasteiger partial charge in [0, 0.05) is 5.02 Å². The monoisotopic (exact) mass is 258 g/mol. The molecule has 2 nitrogen and oxygen atoms in total. The van der Waals surface area contributed by atoms with Crippen LogP contribution in [0, 0.1) is 5.92 Å². The molecule has 0 N–H and O–H groups in total. The van der Waals surface area contributed by atoms with E-state index in [9.17, 15) is 8.42 Å². The molecular weight excluding hydrogens is 244 g/mol. The van der Waals surface area contributed by atoms with Crippen LogP contribution < -0.4 is 0 Å². The van der Waals surface area contributed by atoms with Crippen LogP contribution in [0.1, 0.15) is 26.2 Å². The molecule has 0 radical (unpaired) electrons. The van der Waals surface area contributed by atoms with Crippen LogP contribution in [-0.4, -0.2) is 13.7 Å². The minimum atomic E-state index is -3.15. The standard InChI is InChI=1S/C12H15ClO2S/c1-2-9-6-12(7-9)16(14,15)11-5-3-4-10(13)8-11/h3-5,8-9,12H,2,6-7H2,1H3. The fourth-order valence-electron chi connectivity index (χ4n) is 2.10. The fourth-order valence-corrected chi connectivity index (χ4v) is 4.35. The first-order valence-electron chi connectivity index (χ1n) is 5.53. The molecular formula is C12H15ClO2S. The van der Waals surface area contributed by atoms with E-state index in [-0.39, 0.29) is 5.25 Å². The van der Waals surface area contributed by atoms with Crippen LogP contribution >= 0.6 is 11.6 Å². The summed E-state index contributed by atoms with van der Waals surface area (Å²) in [6, 6.07) is 6.54. The predicted molar refractivity (Wildman–Crippen MR) is 65.4 cm³/mol. The van der Waals surface area contributed by atoms with Crippen molar-refractivity contribution in [3.05, 3.63) is 29.3 Å². The zero-order valence-electron chi connectivity index (χ0n) is 9.19. The minimum Gasteiger partial charge on any atom is -0.223 e. The van der Waals surface area contributed by atoms with Gasteiger partial charge >= 0.3 is 0 Å². The zero-order valence-corrected chi connectivity index (χ0v) is 10.8. The maximum atomic E-state index is 12.2. The number of benzene rings is 1. The van der Waals surface area contributed by atoms with Crippen molar-refractivity contribution in [3.8, 4) is 0 Å². The summed E-state index contributed by atoms with van der Waals surface area (Å²) < 4.78 is 24.3. The number of sulfone groups is 1. The SMILES string of the molecule is CCC1CC(S(=O)(=O)c2cccc(Cl)c2)C1. The minimum absolute atomic E-state index is 0.198. The molecule has 2 rings (SSSR count). The van der Waals surface area contributed by atoms with Crippen molar-refractivity contribution in [2.45, 2.75) is 36.3 Å². The van der Waals surface area contributed by atoms with E-state index in [0.717, 1.165) is 19.3 Å². The van der Waals surface area contributed by atoms with Crippen LogP contribution in [0.3, 0.4) is 0 Å². The van der Waals surface area contributed by atoms with Crippen LogP contribution in [0.4, 0.5) is 0 Å². The second-order valence-electron chi connectivity index (χ2n) is 4.37. The largest absolute Gasteiger partial charge is 0.223 e. The van der Waals surface area contributed by atoms with Gasteiger partial charge in [-0.05, 0) is 37.0 Å². The van der Waals surface area contributed by atoms with Crippen molar-refractivity contribution in [1.82, 2.24) is 0 Å². The molecule has 0 bridgehead atoms. The molecule has 0 saturated heterocycles. The molecule has 16 heavy (non-hydrogen) atoms. The van der Waals surface area contributed by atoms with E-state index >= 15 is 0 Å². The summed E-state index contributed by atoms with van der Waals surface area (Å²) in [6.45, 7) is 2.10. The van der Waals surface area contributed by atoms with E-state index in [1.165, 1.54) is 6.07 Å². The Morgan fingerprint density at radius 1 is 1.38 bits per heavy atom. The third-order valence-electron chi connectivity index (χ3n) is 3.33. The highest BCUT2D eigenvalue weighted by molar-refractivity contribution is 7.92. The molecule has 0 atom stereocenters. The smallest absolute Gasteiger partial charge is 0.181 e. The molecule has 1 aromatic rings. The van der Waals surface area contributed by atoms with Crippen LogP contribution in [0.25, 0.3) is 0 Å². The van der Waals surface area contributed by atoms with Crippen molar-refractivity contribution in [2.24, 2.45) is 5.92 Å². The summed E-state index contributed by atoms with van der Waals surface area (Å²) in [7, 11) is -3.15. The summed E-state index contributed by atoms with van der Waals surface area (Å²) in [4.78, 5) is 0.361. The van der Waals surface area contributed by atoms with Crippen LogP contribution in [-0.2, 0) is 9.84 Å². The van der Waals surface area contributed by atoms with Gasteiger partial charge in [-0.1, -0.05) is 31.0 Å². The summed E-state index contributed by atoms with van der Waals surface area (Å²) in [5.74, 6) is 0.582. The molecule has 0 aliphatic heterocycles. The van der Waals surface area contributed by atoms with Crippen LogP contribution in [0.2, 0.25) is 5.02 Å². The average Bonchev–Trinajstić information content (AvgIpc) is 2.15. The van der Waals surface area contributed by atoms with Gasteiger partial charge in [0.15, 0.2) is 9.84 Å². The van der Waals surface area contributed by atoms with Gasteiger partial charge in [-0.2, -0.15) is 0 Å². The third-order valence-corrected chi connectivity index (χ3v) is 5.74. The first-order chi connectivity index (χ1) is 7.54. The molecule has 0 unspecified atom stereocenters. The third kappa shape index (κ3) is 2.11. The molecule has 1 fully saturated rings. The molecule has 1 aliphatic rings. The van der Waals surface area contributed by atoms with E-state index in [2.05, 4.69) is 6.92 Å². The highest BCUT2D eigenvalue weighted by Crippen LogP contribution is 2.38. The van der Waals surface area contributed by atoms with E-state index < -0.39 is 9.84 Å². The maximum Gasteiger partial charge on any atom is 0.181 e. The highest BCUT2D eigenvalue weighted by atomic mass is 35.5. The van der Waals surface area contributed by atoms with E-state index in [4.69, 9.17) is 11.6 Å². The first-order valence-corrected chi connectivity index (χ1v) is 7.46. The van der Waals surface area contributed by atoms with Crippen molar-refractivity contribution >= 4 is 21.4 Å². The Kier molecular flexibility index (Phi) is 3.27. The Morgan fingerprint density at radius 2 is 2.06 bits per heavy atom. The Balaban J connectivity index is 2.21. The Labute approximate surface area is 102 Å². The van der Waals surface area contributed by atoms with Crippen molar-refractivity contribution in [2.75, 3.05) is 0 Å². The quantitative estimate of drug-likeness (QED) is 0.834. The first kappa shape index (κ1) is 11.9. The summed E-state index contributed by atoms with van der Waals surface area (Å²) >= 11 is 5.81. The Bertz CT molecular complexity index is 476. The van der Waals surface area contributed by atoms with Gasteiger partial charge in [0.1, 0.15) is 0 Å². The van der Waals surface area contributed by atoms with E-state index in [1.807, 2.05) is 0 Å².